The standard InChI is InChI=1S/C12H8N2O.3C2H6/c1-2-5-9(6-3-1)12-14-11-10(15-12)7-4-8-13-11;3*1-2/h1-8H;3*1-2H3. The van der Waals surface area contributed by atoms with E-state index in [4.69, 9.17) is 4.42 Å². The van der Waals surface area contributed by atoms with Gasteiger partial charge in [0.2, 0.25) is 5.89 Å². The van der Waals surface area contributed by atoms with Crippen molar-refractivity contribution in [1.82, 2.24) is 9.97 Å². The molecule has 0 fully saturated rings. The first kappa shape index (κ1) is 18.8. The van der Waals surface area contributed by atoms with Crippen molar-refractivity contribution in [2.45, 2.75) is 41.5 Å². The van der Waals surface area contributed by atoms with Crippen LogP contribution in [0.25, 0.3) is 22.7 Å². The Morgan fingerprint density at radius 3 is 1.95 bits per heavy atom. The molecular weight excluding hydrogens is 260 g/mol. The van der Waals surface area contributed by atoms with E-state index in [9.17, 15) is 0 Å². The van der Waals surface area contributed by atoms with E-state index >= 15 is 0 Å². The van der Waals surface area contributed by atoms with Crippen LogP contribution in [0, 0.1) is 0 Å². The summed E-state index contributed by atoms with van der Waals surface area (Å²) in [5, 5.41) is 0. The Kier molecular flexibility index (Phi) is 10.5. The zero-order chi connectivity index (χ0) is 16.1. The molecule has 3 nitrogen and oxygen atoms in total. The van der Waals surface area contributed by atoms with Gasteiger partial charge in [-0.05, 0) is 24.3 Å². The van der Waals surface area contributed by atoms with Gasteiger partial charge in [0.05, 0.1) is 0 Å². The van der Waals surface area contributed by atoms with E-state index in [1.165, 1.54) is 0 Å². The molecule has 2 aromatic heterocycles. The third-order valence-corrected chi connectivity index (χ3v) is 2.19. The van der Waals surface area contributed by atoms with Crippen molar-refractivity contribution in [1.29, 1.82) is 0 Å². The van der Waals surface area contributed by atoms with E-state index in [1.807, 2.05) is 84.0 Å². The third kappa shape index (κ3) is 5.38. The number of hydrogen-bond acceptors (Lipinski definition) is 3. The number of oxazole rings is 1. The molecule has 3 heteroatoms. The van der Waals surface area contributed by atoms with E-state index in [2.05, 4.69) is 9.97 Å². The van der Waals surface area contributed by atoms with Crippen LogP contribution in [0.15, 0.2) is 53.1 Å². The summed E-state index contributed by atoms with van der Waals surface area (Å²) in [7, 11) is 0. The van der Waals surface area contributed by atoms with E-state index < -0.39 is 0 Å². The van der Waals surface area contributed by atoms with Gasteiger partial charge in [-0.25, -0.2) is 4.98 Å². The van der Waals surface area contributed by atoms with Gasteiger partial charge in [-0.1, -0.05) is 59.7 Å². The minimum Gasteiger partial charge on any atom is -0.434 e. The van der Waals surface area contributed by atoms with E-state index in [1.54, 1.807) is 6.20 Å². The van der Waals surface area contributed by atoms with Crippen LogP contribution < -0.4 is 0 Å². The van der Waals surface area contributed by atoms with Crippen LogP contribution in [0.4, 0.5) is 0 Å². The molecule has 0 aliphatic carbocycles. The van der Waals surface area contributed by atoms with Crippen molar-refractivity contribution in [3.8, 4) is 11.5 Å². The van der Waals surface area contributed by atoms with Gasteiger partial charge in [0.25, 0.3) is 0 Å². The van der Waals surface area contributed by atoms with Crippen molar-refractivity contribution < 1.29 is 4.42 Å². The smallest absolute Gasteiger partial charge is 0.228 e. The van der Waals surface area contributed by atoms with Gasteiger partial charge < -0.3 is 4.42 Å². The molecule has 0 radical (unpaired) electrons. The second-order valence-corrected chi connectivity index (χ2v) is 3.21. The van der Waals surface area contributed by atoms with Crippen molar-refractivity contribution in [2.75, 3.05) is 0 Å². The fraction of sp³-hybridized carbons (Fsp3) is 0.333. The van der Waals surface area contributed by atoms with Crippen LogP contribution in [0.2, 0.25) is 0 Å². The second-order valence-electron chi connectivity index (χ2n) is 3.21. The van der Waals surface area contributed by atoms with Crippen LogP contribution in [0.3, 0.4) is 0 Å². The normalized spacial score (nSPS) is 8.48. The minimum atomic E-state index is 0.615. The molecule has 0 spiro atoms. The van der Waals surface area contributed by atoms with Crippen LogP contribution in [-0.4, -0.2) is 9.97 Å². The highest BCUT2D eigenvalue weighted by atomic mass is 16.3. The number of hydrogen-bond donors (Lipinski definition) is 0. The topological polar surface area (TPSA) is 38.9 Å². The van der Waals surface area contributed by atoms with E-state index in [-0.39, 0.29) is 0 Å². The fourth-order valence-electron chi connectivity index (χ4n) is 1.47. The van der Waals surface area contributed by atoms with Gasteiger partial charge in [-0.2, -0.15) is 4.98 Å². The fourth-order valence-corrected chi connectivity index (χ4v) is 1.47. The summed E-state index contributed by atoms with van der Waals surface area (Å²) in [6.07, 6.45) is 1.71. The van der Waals surface area contributed by atoms with Gasteiger partial charge in [-0.3, -0.25) is 0 Å². The zero-order valence-electron chi connectivity index (χ0n) is 13.9. The predicted octanol–water partition coefficient (Wildman–Crippen LogP) is 5.97. The van der Waals surface area contributed by atoms with E-state index in [0.29, 0.717) is 11.5 Å². The highest BCUT2D eigenvalue weighted by molar-refractivity contribution is 5.71. The van der Waals surface area contributed by atoms with Gasteiger partial charge >= 0.3 is 0 Å². The molecule has 1 aromatic carbocycles. The van der Waals surface area contributed by atoms with Gasteiger partial charge in [0.1, 0.15) is 0 Å². The minimum absolute atomic E-state index is 0.615. The zero-order valence-corrected chi connectivity index (χ0v) is 13.9. The maximum Gasteiger partial charge on any atom is 0.228 e. The molecule has 0 N–H and O–H groups in total. The molecule has 21 heavy (non-hydrogen) atoms. The molecule has 114 valence electrons. The van der Waals surface area contributed by atoms with Crippen LogP contribution >= 0.6 is 0 Å². The molecule has 0 aliphatic rings. The second kappa shape index (κ2) is 11.6. The number of fused-ring (bicyclic) bond motifs is 1. The Morgan fingerprint density at radius 2 is 1.38 bits per heavy atom. The Bertz CT molecular complexity index is 555. The molecule has 2 heterocycles. The molecule has 3 rings (SSSR count). The lowest BCUT2D eigenvalue weighted by atomic mass is 10.2. The monoisotopic (exact) mass is 286 g/mol. The summed E-state index contributed by atoms with van der Waals surface area (Å²) in [6.45, 7) is 12.0. The Labute approximate surface area is 128 Å². The Morgan fingerprint density at radius 1 is 0.762 bits per heavy atom. The average molecular weight is 286 g/mol. The lowest BCUT2D eigenvalue weighted by Gasteiger charge is -1.91. The molecule has 0 atom stereocenters. The molecule has 3 aromatic rings. The van der Waals surface area contributed by atoms with Gasteiger partial charge in [0, 0.05) is 11.8 Å². The van der Waals surface area contributed by atoms with Gasteiger partial charge in [-0.15, -0.1) is 0 Å². The molecule has 0 saturated carbocycles. The molecule has 0 amide bonds. The van der Waals surface area contributed by atoms with Crippen molar-refractivity contribution in [3.05, 3.63) is 48.7 Å². The number of benzene rings is 1. The largest absolute Gasteiger partial charge is 0.434 e. The summed E-state index contributed by atoms with van der Waals surface area (Å²) in [5.41, 5.74) is 2.34. The third-order valence-electron chi connectivity index (χ3n) is 2.19. The highest BCUT2D eigenvalue weighted by Gasteiger charge is 2.06. The molecule has 0 aliphatic heterocycles. The maximum atomic E-state index is 5.58. The maximum absolute atomic E-state index is 5.58. The lowest BCUT2D eigenvalue weighted by Crippen LogP contribution is -1.76. The number of aromatic nitrogens is 2. The van der Waals surface area contributed by atoms with Crippen molar-refractivity contribution in [3.63, 3.8) is 0 Å². The van der Waals surface area contributed by atoms with Crippen molar-refractivity contribution in [2.24, 2.45) is 0 Å². The van der Waals surface area contributed by atoms with Crippen LogP contribution in [-0.2, 0) is 0 Å². The summed E-state index contributed by atoms with van der Waals surface area (Å²) in [4.78, 5) is 8.43. The Balaban J connectivity index is 0.000000598. The van der Waals surface area contributed by atoms with Crippen LogP contribution in [0.5, 0.6) is 0 Å². The molecule has 0 unspecified atom stereocenters. The summed E-state index contributed by atoms with van der Waals surface area (Å²) in [5.74, 6) is 0.615. The first-order valence-electron chi connectivity index (χ1n) is 7.70. The number of nitrogens with zero attached hydrogens (tertiary/aromatic N) is 2. The summed E-state index contributed by atoms with van der Waals surface area (Å²) in [6, 6.07) is 13.5. The average Bonchev–Trinajstić information content (AvgIpc) is 3.05. The van der Waals surface area contributed by atoms with Crippen LogP contribution in [0.1, 0.15) is 41.5 Å². The molecule has 0 saturated heterocycles. The first-order valence-corrected chi connectivity index (χ1v) is 7.70. The summed E-state index contributed by atoms with van der Waals surface area (Å²) >= 11 is 0. The lowest BCUT2D eigenvalue weighted by molar-refractivity contribution is 0.619. The first-order chi connectivity index (χ1) is 10.4. The van der Waals surface area contributed by atoms with E-state index in [0.717, 1.165) is 11.1 Å². The molecular formula is C18H26N2O. The SMILES string of the molecule is CC.CC.CC.c1ccc(-c2nc3ncccc3o2)cc1. The summed E-state index contributed by atoms with van der Waals surface area (Å²) < 4.78 is 5.58. The van der Waals surface area contributed by atoms with Crippen molar-refractivity contribution >= 4 is 11.2 Å². The van der Waals surface area contributed by atoms with Gasteiger partial charge in [0.15, 0.2) is 11.2 Å². The number of pyridine rings is 1. The predicted molar refractivity (Wildman–Crippen MR) is 91.3 cm³/mol. The highest BCUT2D eigenvalue weighted by Crippen LogP contribution is 2.22. The number of rotatable bonds is 1. The quantitative estimate of drug-likeness (QED) is 0.553. The Hall–Kier alpha value is -2.16. The molecule has 0 bridgehead atoms.